The summed E-state index contributed by atoms with van der Waals surface area (Å²) in [5.74, 6) is -0.464. The molecule has 2 atom stereocenters. The predicted octanol–water partition coefficient (Wildman–Crippen LogP) is 4.48. The lowest BCUT2D eigenvalue weighted by molar-refractivity contribution is -0.0206. The van der Waals surface area contributed by atoms with Gasteiger partial charge in [0.25, 0.3) is 0 Å². The average molecular weight is 547 g/mol. The van der Waals surface area contributed by atoms with Crippen molar-refractivity contribution in [2.45, 2.75) is 18.6 Å². The van der Waals surface area contributed by atoms with Crippen LogP contribution in [-0.4, -0.2) is 54.2 Å². The summed E-state index contributed by atoms with van der Waals surface area (Å²) in [6.45, 7) is 4.81. The molecule has 0 bridgehead atoms. The number of halogens is 2. The van der Waals surface area contributed by atoms with Crippen LogP contribution >= 0.6 is 0 Å². The quantitative estimate of drug-likeness (QED) is 0.327. The Morgan fingerprint density at radius 1 is 0.925 bits per heavy atom. The van der Waals surface area contributed by atoms with Crippen LogP contribution in [0.3, 0.4) is 0 Å². The van der Waals surface area contributed by atoms with Gasteiger partial charge in [0, 0.05) is 60.8 Å². The van der Waals surface area contributed by atoms with Crippen LogP contribution in [0.1, 0.15) is 12.0 Å². The Morgan fingerprint density at radius 3 is 2.23 bits per heavy atom. The fourth-order valence-corrected chi connectivity index (χ4v) is 5.66. The first kappa shape index (κ1) is 26.1. The van der Waals surface area contributed by atoms with E-state index in [2.05, 4.69) is 44.1 Å². The Kier molecular flexibility index (Phi) is 7.25. The molecule has 2 N–H and O–H groups in total. The summed E-state index contributed by atoms with van der Waals surface area (Å²) in [4.78, 5) is 8.74. The summed E-state index contributed by atoms with van der Waals surface area (Å²) in [6, 6.07) is 19.8. The van der Waals surface area contributed by atoms with Gasteiger partial charge in [-0.2, -0.15) is 5.10 Å². The maximum atomic E-state index is 14.9. The normalized spacial score (nSPS) is 21.1. The number of nitrogen functional groups attached to an aromatic ring is 1. The van der Waals surface area contributed by atoms with Gasteiger partial charge in [-0.05, 0) is 61.0 Å². The van der Waals surface area contributed by atoms with E-state index in [0.717, 1.165) is 49.4 Å². The van der Waals surface area contributed by atoms with Crippen LogP contribution in [-0.2, 0) is 16.9 Å². The number of piperazine rings is 1. The van der Waals surface area contributed by atoms with Gasteiger partial charge in [0.2, 0.25) is 0 Å². The monoisotopic (exact) mass is 546 g/mol. The number of hydrogen-bond acceptors (Lipinski definition) is 7. The second kappa shape index (κ2) is 11.1. The molecular weight excluding hydrogens is 514 g/mol. The van der Waals surface area contributed by atoms with Crippen LogP contribution in [0.15, 0.2) is 79.4 Å². The molecule has 8 nitrogen and oxygen atoms in total. The van der Waals surface area contributed by atoms with E-state index in [1.807, 2.05) is 24.3 Å². The van der Waals surface area contributed by atoms with E-state index in [-0.39, 0.29) is 12.5 Å². The number of rotatable bonds is 8. The molecule has 6 rings (SSSR count). The third-order valence-electron chi connectivity index (χ3n) is 7.75. The van der Waals surface area contributed by atoms with Crippen LogP contribution in [0.2, 0.25) is 0 Å². The van der Waals surface area contributed by atoms with E-state index in [4.69, 9.17) is 15.2 Å². The molecule has 0 spiro atoms. The molecule has 2 aliphatic heterocycles. The van der Waals surface area contributed by atoms with Crippen LogP contribution < -0.4 is 20.3 Å². The first-order valence-corrected chi connectivity index (χ1v) is 13.5. The number of nitrogens with zero attached hydrogens (tertiary/aromatic N) is 5. The first-order valence-electron chi connectivity index (χ1n) is 13.5. The molecule has 40 heavy (non-hydrogen) atoms. The molecule has 2 fully saturated rings. The molecule has 3 aromatic carbocycles. The minimum atomic E-state index is -0.988. The van der Waals surface area contributed by atoms with E-state index >= 15 is 0 Å². The number of ether oxygens (including phenoxy) is 2. The molecule has 1 aromatic heterocycles. The lowest BCUT2D eigenvalue weighted by Gasteiger charge is -2.37. The van der Waals surface area contributed by atoms with Crippen molar-refractivity contribution in [3.05, 3.63) is 96.6 Å². The number of hydrogen-bond donors (Lipinski definition) is 1. The molecule has 0 aliphatic carbocycles. The third kappa shape index (κ3) is 5.58. The topological polar surface area (TPSA) is 81.7 Å². The largest absolute Gasteiger partial charge is 0.493 e. The summed E-state index contributed by atoms with van der Waals surface area (Å²) in [7, 11) is 0. The van der Waals surface area contributed by atoms with E-state index in [1.165, 1.54) is 24.1 Å². The van der Waals surface area contributed by atoms with Crippen molar-refractivity contribution in [1.82, 2.24) is 14.8 Å². The highest BCUT2D eigenvalue weighted by Crippen LogP contribution is 2.42. The SMILES string of the molecule is Nc1ccc(N2CCN(c3ccc(OCC4COC(Cn5cncn5)(c5ccc(F)cc5F)C4)cc3)CC2)cc1. The molecule has 10 heteroatoms. The number of nitrogens with two attached hydrogens (primary N) is 1. The zero-order valence-corrected chi connectivity index (χ0v) is 22.1. The molecule has 2 aliphatic rings. The molecule has 4 aromatic rings. The van der Waals surface area contributed by atoms with Crippen LogP contribution in [0.5, 0.6) is 5.75 Å². The zero-order chi connectivity index (χ0) is 27.5. The summed E-state index contributed by atoms with van der Waals surface area (Å²) < 4.78 is 42.4. The molecule has 0 amide bonds. The van der Waals surface area contributed by atoms with Crippen LogP contribution in [0.25, 0.3) is 0 Å². The van der Waals surface area contributed by atoms with E-state index < -0.39 is 17.2 Å². The van der Waals surface area contributed by atoms with Crippen molar-refractivity contribution >= 4 is 17.1 Å². The van der Waals surface area contributed by atoms with Crippen molar-refractivity contribution in [3.8, 4) is 5.75 Å². The van der Waals surface area contributed by atoms with E-state index in [0.29, 0.717) is 25.2 Å². The minimum Gasteiger partial charge on any atom is -0.493 e. The number of aromatic nitrogens is 3. The Hall–Kier alpha value is -4.18. The van der Waals surface area contributed by atoms with Crippen LogP contribution in [0, 0.1) is 17.6 Å². The molecule has 0 radical (unpaired) electrons. The van der Waals surface area contributed by atoms with Crippen molar-refractivity contribution in [2.75, 3.05) is 54.9 Å². The summed E-state index contributed by atoms with van der Waals surface area (Å²) >= 11 is 0. The van der Waals surface area contributed by atoms with Gasteiger partial charge in [0.15, 0.2) is 0 Å². The summed E-state index contributed by atoms with van der Waals surface area (Å²) in [5.41, 5.74) is 8.28. The molecular formula is C30H32F2N6O2. The third-order valence-corrected chi connectivity index (χ3v) is 7.75. The average Bonchev–Trinajstić information content (AvgIpc) is 3.63. The molecule has 2 saturated heterocycles. The maximum absolute atomic E-state index is 14.9. The van der Waals surface area contributed by atoms with E-state index in [9.17, 15) is 8.78 Å². The minimum absolute atomic E-state index is 0.0223. The van der Waals surface area contributed by atoms with Crippen molar-refractivity contribution in [2.24, 2.45) is 5.92 Å². The second-order valence-electron chi connectivity index (χ2n) is 10.5. The Labute approximate surface area is 231 Å². The smallest absolute Gasteiger partial charge is 0.137 e. The van der Waals surface area contributed by atoms with Crippen molar-refractivity contribution in [3.63, 3.8) is 0 Å². The van der Waals surface area contributed by atoms with Crippen molar-refractivity contribution < 1.29 is 18.3 Å². The highest BCUT2D eigenvalue weighted by molar-refractivity contribution is 5.55. The van der Waals surface area contributed by atoms with Gasteiger partial charge in [0.1, 0.15) is 35.6 Å². The molecule has 208 valence electrons. The predicted molar refractivity (Wildman–Crippen MR) is 149 cm³/mol. The van der Waals surface area contributed by atoms with Gasteiger partial charge in [-0.1, -0.05) is 6.07 Å². The van der Waals surface area contributed by atoms with E-state index in [1.54, 1.807) is 11.0 Å². The second-order valence-corrected chi connectivity index (χ2v) is 10.5. The molecule has 2 unspecified atom stereocenters. The van der Waals surface area contributed by atoms with Gasteiger partial charge in [-0.15, -0.1) is 0 Å². The molecule has 0 saturated carbocycles. The standard InChI is InChI=1S/C30H32F2N6O2/c31-23-1-10-28(29(32)15-23)30(19-38-21-34-20-35-38)16-22(18-40-30)17-39-27-8-6-26(7-9-27)37-13-11-36(12-14-37)25-4-2-24(33)3-5-25/h1-10,15,20-22H,11-14,16-19,33H2. The Balaban J connectivity index is 1.06. The Bertz CT molecular complexity index is 1410. The van der Waals surface area contributed by atoms with Crippen molar-refractivity contribution in [1.29, 1.82) is 0 Å². The van der Waals surface area contributed by atoms with Gasteiger partial charge >= 0.3 is 0 Å². The van der Waals surface area contributed by atoms with Crippen LogP contribution in [0.4, 0.5) is 25.8 Å². The zero-order valence-electron chi connectivity index (χ0n) is 22.1. The van der Waals surface area contributed by atoms with Gasteiger partial charge in [-0.3, -0.25) is 0 Å². The molecule has 3 heterocycles. The highest BCUT2D eigenvalue weighted by Gasteiger charge is 2.44. The highest BCUT2D eigenvalue weighted by atomic mass is 19.1. The summed E-state index contributed by atoms with van der Waals surface area (Å²) in [6.07, 6.45) is 3.50. The van der Waals surface area contributed by atoms with Gasteiger partial charge in [0.05, 0.1) is 19.8 Å². The first-order chi connectivity index (χ1) is 19.5. The Morgan fingerprint density at radius 2 is 1.60 bits per heavy atom. The van der Waals surface area contributed by atoms with Gasteiger partial charge in [-0.25, -0.2) is 18.4 Å². The number of anilines is 3. The van der Waals surface area contributed by atoms with Gasteiger partial charge < -0.3 is 25.0 Å². The maximum Gasteiger partial charge on any atom is 0.137 e. The summed E-state index contributed by atoms with van der Waals surface area (Å²) in [5, 5.41) is 4.17. The fourth-order valence-electron chi connectivity index (χ4n) is 5.66. The number of benzene rings is 3. The lowest BCUT2D eigenvalue weighted by atomic mass is 9.87. The fraction of sp³-hybridized carbons (Fsp3) is 0.333. The lowest BCUT2D eigenvalue weighted by Crippen LogP contribution is -2.46.